The summed E-state index contributed by atoms with van der Waals surface area (Å²) in [6.45, 7) is 0. The maximum Gasteiger partial charge on any atom is 0.291 e. The van der Waals surface area contributed by atoms with Gasteiger partial charge in [-0.1, -0.05) is 60.7 Å². The highest BCUT2D eigenvalue weighted by molar-refractivity contribution is 6.00. The molecule has 2 aromatic rings. The Kier molecular flexibility index (Phi) is 8.02. The Hall–Kier alpha value is -3.42. The van der Waals surface area contributed by atoms with E-state index in [1.165, 1.54) is 5.56 Å². The van der Waals surface area contributed by atoms with Crippen LogP contribution in [0.4, 0.5) is 0 Å². The molecule has 2 aromatic carbocycles. The summed E-state index contributed by atoms with van der Waals surface area (Å²) < 4.78 is 0. The van der Waals surface area contributed by atoms with E-state index in [2.05, 4.69) is 22.3 Å². The smallest absolute Gasteiger partial charge is 0.291 e. The molecule has 0 aliphatic rings. The third-order valence-electron chi connectivity index (χ3n) is 2.89. The molecule has 0 spiro atoms. The van der Waals surface area contributed by atoms with Crippen LogP contribution in [0.1, 0.15) is 17.5 Å². The van der Waals surface area contributed by atoms with Crippen LogP contribution in [0.2, 0.25) is 0 Å². The predicted octanol–water partition coefficient (Wildman–Crippen LogP) is 1.95. The Morgan fingerprint density at radius 3 is 2.00 bits per heavy atom. The van der Waals surface area contributed by atoms with Gasteiger partial charge in [-0.2, -0.15) is 5.10 Å². The fourth-order valence-electron chi connectivity index (χ4n) is 1.91. The Bertz CT molecular complexity index is 679. The van der Waals surface area contributed by atoms with Crippen molar-refractivity contribution in [2.24, 2.45) is 21.7 Å². The Morgan fingerprint density at radius 2 is 1.50 bits per heavy atom. The van der Waals surface area contributed by atoms with Crippen LogP contribution in [0.3, 0.4) is 0 Å². The predicted molar refractivity (Wildman–Crippen MR) is 92.3 cm³/mol. The third-order valence-corrected chi connectivity index (χ3v) is 2.89. The van der Waals surface area contributed by atoms with Gasteiger partial charge >= 0.3 is 0 Å². The summed E-state index contributed by atoms with van der Waals surface area (Å²) >= 11 is 0. The van der Waals surface area contributed by atoms with Crippen LogP contribution in [0.5, 0.6) is 0 Å². The topological polar surface area (TPSA) is 140 Å². The second kappa shape index (κ2) is 10.3. The Morgan fingerprint density at radius 1 is 1.00 bits per heavy atom. The van der Waals surface area contributed by atoms with Gasteiger partial charge in [0.15, 0.2) is 0 Å². The lowest BCUT2D eigenvalue weighted by Gasteiger charge is -2.05. The molecule has 8 heteroatoms. The highest BCUT2D eigenvalue weighted by Crippen LogP contribution is 2.10. The molecule has 0 heterocycles. The monoisotopic (exact) mass is 329 g/mol. The SMILES string of the molecule is NC(N)=N/N=C(\CCc1ccccc1)c1ccccc1.O=[N+]([O-])O. The van der Waals surface area contributed by atoms with E-state index < -0.39 is 5.09 Å². The van der Waals surface area contributed by atoms with Crippen molar-refractivity contribution in [3.05, 3.63) is 81.9 Å². The number of nitrogens with zero attached hydrogens (tertiary/aromatic N) is 3. The van der Waals surface area contributed by atoms with Crippen molar-refractivity contribution >= 4 is 11.7 Å². The van der Waals surface area contributed by atoms with Crippen molar-refractivity contribution in [3.63, 3.8) is 0 Å². The highest BCUT2D eigenvalue weighted by atomic mass is 16.9. The van der Waals surface area contributed by atoms with E-state index in [1.54, 1.807) is 0 Å². The first-order chi connectivity index (χ1) is 11.5. The molecule has 5 N–H and O–H groups in total. The fraction of sp³-hybridized carbons (Fsp3) is 0.125. The van der Waals surface area contributed by atoms with Gasteiger partial charge in [-0.15, -0.1) is 15.2 Å². The van der Waals surface area contributed by atoms with Crippen LogP contribution in [-0.4, -0.2) is 22.0 Å². The largest absolute Gasteiger partial charge is 0.369 e. The van der Waals surface area contributed by atoms with Gasteiger partial charge in [0.25, 0.3) is 5.09 Å². The quantitative estimate of drug-likeness (QED) is 0.333. The van der Waals surface area contributed by atoms with Gasteiger partial charge in [0.1, 0.15) is 0 Å². The van der Waals surface area contributed by atoms with Gasteiger partial charge in [0, 0.05) is 0 Å². The van der Waals surface area contributed by atoms with Gasteiger partial charge in [-0.25, -0.2) is 0 Å². The lowest BCUT2D eigenvalue weighted by molar-refractivity contribution is -0.742. The first-order valence-electron chi connectivity index (χ1n) is 7.07. The van der Waals surface area contributed by atoms with E-state index >= 15 is 0 Å². The first-order valence-corrected chi connectivity index (χ1v) is 7.07. The van der Waals surface area contributed by atoms with Crippen LogP contribution in [0.15, 0.2) is 70.9 Å². The van der Waals surface area contributed by atoms with E-state index in [0.29, 0.717) is 0 Å². The van der Waals surface area contributed by atoms with Crippen LogP contribution in [-0.2, 0) is 6.42 Å². The summed E-state index contributed by atoms with van der Waals surface area (Å²) in [4.78, 5) is 8.36. The van der Waals surface area contributed by atoms with Crippen molar-refractivity contribution in [2.75, 3.05) is 0 Å². The first kappa shape index (κ1) is 18.6. The zero-order valence-electron chi connectivity index (χ0n) is 12.9. The molecule has 0 aliphatic heterocycles. The van der Waals surface area contributed by atoms with Gasteiger partial charge in [-0.05, 0) is 24.0 Å². The molecule has 0 saturated carbocycles. The Balaban J connectivity index is 0.000000648. The molecule has 0 amide bonds. The molecule has 0 atom stereocenters. The Labute approximate surface area is 139 Å². The molecular formula is C16H19N5O3. The summed E-state index contributed by atoms with van der Waals surface area (Å²) in [6, 6.07) is 20.2. The van der Waals surface area contributed by atoms with Crippen molar-refractivity contribution in [3.8, 4) is 0 Å². The number of guanidine groups is 1. The van der Waals surface area contributed by atoms with Gasteiger partial charge < -0.3 is 16.7 Å². The summed E-state index contributed by atoms with van der Waals surface area (Å²) in [7, 11) is 0. The van der Waals surface area contributed by atoms with E-state index in [-0.39, 0.29) is 5.96 Å². The summed E-state index contributed by atoms with van der Waals surface area (Å²) in [5.41, 5.74) is 13.9. The lowest BCUT2D eigenvalue weighted by Crippen LogP contribution is -2.22. The summed E-state index contributed by atoms with van der Waals surface area (Å²) in [5, 5.41) is 21.6. The van der Waals surface area contributed by atoms with Crippen molar-refractivity contribution in [2.45, 2.75) is 12.8 Å². The number of hydrogen-bond donors (Lipinski definition) is 3. The standard InChI is InChI=1S/C16H18N4.HNO3/c17-16(18)20-19-15(14-9-5-2-6-10-14)12-11-13-7-3-1-4-8-13;2-1(3)4/h1-10H,11-12H2,(H4,17,18,20);(H,2,3,4)/b19-15+;. The van der Waals surface area contributed by atoms with Crippen LogP contribution >= 0.6 is 0 Å². The molecule has 0 bridgehead atoms. The summed E-state index contributed by atoms with van der Waals surface area (Å²) in [5.74, 6) is -0.0295. The zero-order valence-corrected chi connectivity index (χ0v) is 12.9. The minimum absolute atomic E-state index is 0.0295. The van der Waals surface area contributed by atoms with Gasteiger partial charge in [-0.3, -0.25) is 0 Å². The van der Waals surface area contributed by atoms with Crippen LogP contribution in [0, 0.1) is 10.1 Å². The lowest BCUT2D eigenvalue weighted by atomic mass is 10.0. The molecule has 0 radical (unpaired) electrons. The normalized spacial score (nSPS) is 10.2. The summed E-state index contributed by atoms with van der Waals surface area (Å²) in [6.07, 6.45) is 1.68. The van der Waals surface area contributed by atoms with Crippen molar-refractivity contribution in [1.29, 1.82) is 0 Å². The minimum atomic E-state index is -1.50. The molecule has 0 fully saturated rings. The molecule has 0 saturated heterocycles. The second-order valence-electron chi connectivity index (χ2n) is 4.66. The van der Waals surface area contributed by atoms with Crippen molar-refractivity contribution < 1.29 is 10.3 Å². The molecule has 0 aromatic heterocycles. The molecule has 0 aliphatic carbocycles. The molecule has 24 heavy (non-hydrogen) atoms. The van der Waals surface area contributed by atoms with Crippen molar-refractivity contribution in [1.82, 2.24) is 0 Å². The fourth-order valence-corrected chi connectivity index (χ4v) is 1.91. The average molecular weight is 329 g/mol. The van der Waals surface area contributed by atoms with E-state index in [9.17, 15) is 0 Å². The van der Waals surface area contributed by atoms with E-state index in [4.69, 9.17) is 26.8 Å². The maximum absolute atomic E-state index is 8.36. The van der Waals surface area contributed by atoms with Gasteiger partial charge in [0.2, 0.25) is 5.96 Å². The minimum Gasteiger partial charge on any atom is -0.369 e. The molecule has 0 unspecified atom stereocenters. The number of rotatable bonds is 5. The van der Waals surface area contributed by atoms with E-state index in [0.717, 1.165) is 24.1 Å². The molecule has 8 nitrogen and oxygen atoms in total. The molecular weight excluding hydrogens is 310 g/mol. The number of aryl methyl sites for hydroxylation is 1. The average Bonchev–Trinajstić information content (AvgIpc) is 2.56. The number of nitrogens with two attached hydrogens (primary N) is 2. The zero-order chi connectivity index (χ0) is 17.8. The number of benzene rings is 2. The molecule has 2 rings (SSSR count). The second-order valence-corrected chi connectivity index (χ2v) is 4.66. The number of hydrogen-bond acceptors (Lipinski definition) is 4. The van der Waals surface area contributed by atoms with E-state index in [1.807, 2.05) is 48.5 Å². The highest BCUT2D eigenvalue weighted by Gasteiger charge is 2.04. The van der Waals surface area contributed by atoms with Crippen LogP contribution < -0.4 is 11.5 Å². The third kappa shape index (κ3) is 8.13. The maximum atomic E-state index is 8.36. The van der Waals surface area contributed by atoms with Gasteiger partial charge in [0.05, 0.1) is 5.71 Å². The molecule has 126 valence electrons. The van der Waals surface area contributed by atoms with Crippen LogP contribution in [0.25, 0.3) is 0 Å².